The molecule has 1 aromatic carbocycles. The summed E-state index contributed by atoms with van der Waals surface area (Å²) in [5, 5.41) is 4.23. The zero-order valence-corrected chi connectivity index (χ0v) is 18.6. The summed E-state index contributed by atoms with van der Waals surface area (Å²) in [6.45, 7) is 0.256. The van der Waals surface area contributed by atoms with Crippen molar-refractivity contribution in [1.29, 1.82) is 0 Å². The van der Waals surface area contributed by atoms with Gasteiger partial charge >= 0.3 is 0 Å². The molecular formula is C25H26N4O2S. The normalized spacial score (nSPS) is 22.9. The van der Waals surface area contributed by atoms with Crippen LogP contribution in [0.15, 0.2) is 61.1 Å². The molecule has 2 aromatic heterocycles. The summed E-state index contributed by atoms with van der Waals surface area (Å²) in [5.74, 6) is 1.53. The Morgan fingerprint density at radius 3 is 2.72 bits per heavy atom. The molecule has 0 spiro atoms. The third kappa shape index (κ3) is 3.41. The molecule has 32 heavy (non-hydrogen) atoms. The Morgan fingerprint density at radius 1 is 1.00 bits per heavy atom. The van der Waals surface area contributed by atoms with Crippen molar-refractivity contribution < 1.29 is 9.47 Å². The van der Waals surface area contributed by atoms with E-state index < -0.39 is 0 Å². The monoisotopic (exact) mass is 446 g/mol. The Bertz CT molecular complexity index is 1130. The van der Waals surface area contributed by atoms with Crippen LogP contribution in [0.1, 0.15) is 61.5 Å². The number of hydrogen-bond acceptors (Lipinski definition) is 4. The van der Waals surface area contributed by atoms with Gasteiger partial charge < -0.3 is 24.3 Å². The molecule has 1 N–H and O–H groups in total. The highest BCUT2D eigenvalue weighted by Gasteiger charge is 2.41. The molecule has 2 fully saturated rings. The Hall–Kier alpha value is -3.06. The van der Waals surface area contributed by atoms with Gasteiger partial charge in [-0.05, 0) is 61.0 Å². The Kier molecular flexibility index (Phi) is 4.98. The van der Waals surface area contributed by atoms with Gasteiger partial charge in [0.15, 0.2) is 16.6 Å². The lowest BCUT2D eigenvalue weighted by Crippen LogP contribution is -2.29. The highest BCUT2D eigenvalue weighted by atomic mass is 32.1. The van der Waals surface area contributed by atoms with E-state index >= 15 is 0 Å². The molecule has 3 aliphatic rings. The second-order valence-corrected chi connectivity index (χ2v) is 9.10. The summed E-state index contributed by atoms with van der Waals surface area (Å²) in [6, 6.07) is 14.8. The summed E-state index contributed by atoms with van der Waals surface area (Å²) in [4.78, 5) is 6.84. The van der Waals surface area contributed by atoms with Crippen molar-refractivity contribution in [3.05, 3.63) is 72.3 Å². The van der Waals surface area contributed by atoms with Gasteiger partial charge in [0.1, 0.15) is 0 Å². The summed E-state index contributed by atoms with van der Waals surface area (Å²) < 4.78 is 13.6. The minimum absolute atomic E-state index is 0.0115. The first-order valence-electron chi connectivity index (χ1n) is 11.4. The molecule has 0 bridgehead atoms. The lowest BCUT2D eigenvalue weighted by atomic mass is 9.95. The molecule has 1 saturated carbocycles. The number of aromatic nitrogens is 2. The molecule has 3 aromatic rings. The SMILES string of the molecule is S=C1N[C@@H](c2ccccn2)[C@@H](c2ccn(C3CCCCC3)c2)N1c1ccc2c(c1)OCO2. The summed E-state index contributed by atoms with van der Waals surface area (Å²) >= 11 is 5.84. The molecule has 164 valence electrons. The maximum Gasteiger partial charge on any atom is 0.231 e. The van der Waals surface area contributed by atoms with E-state index in [-0.39, 0.29) is 18.9 Å². The van der Waals surface area contributed by atoms with Gasteiger partial charge in [-0.2, -0.15) is 0 Å². The van der Waals surface area contributed by atoms with Crippen LogP contribution in [-0.2, 0) is 0 Å². The highest BCUT2D eigenvalue weighted by molar-refractivity contribution is 7.80. The number of hydrogen-bond donors (Lipinski definition) is 1. The molecule has 0 amide bonds. The van der Waals surface area contributed by atoms with Crippen LogP contribution in [0.25, 0.3) is 0 Å². The number of rotatable bonds is 4. The standard InChI is InChI=1S/C25H26N4O2S/c32-25-27-23(20-8-4-5-12-26-20)24(17-11-13-28(15-17)18-6-2-1-3-7-18)29(25)19-9-10-21-22(14-19)31-16-30-21/h4-5,8-15,18,23-24H,1-3,6-7,16H2,(H,27,32)/t23-,24+/m0/s1. The average Bonchev–Trinajstić information content (AvgIpc) is 3.58. The summed E-state index contributed by atoms with van der Waals surface area (Å²) in [5.41, 5.74) is 3.20. The van der Waals surface area contributed by atoms with Crippen molar-refractivity contribution in [2.45, 2.75) is 50.2 Å². The Balaban J connectivity index is 1.41. The molecule has 7 heteroatoms. The number of pyridine rings is 1. The zero-order chi connectivity index (χ0) is 21.5. The van der Waals surface area contributed by atoms with E-state index in [1.807, 2.05) is 36.5 Å². The van der Waals surface area contributed by atoms with Gasteiger partial charge in [0, 0.05) is 36.4 Å². The number of anilines is 1. The largest absolute Gasteiger partial charge is 0.454 e. The van der Waals surface area contributed by atoms with Crippen LogP contribution in [0.5, 0.6) is 11.5 Å². The molecule has 0 radical (unpaired) electrons. The van der Waals surface area contributed by atoms with Crippen molar-refractivity contribution in [2.24, 2.45) is 0 Å². The number of fused-ring (bicyclic) bond motifs is 1. The fraction of sp³-hybridized carbons (Fsp3) is 0.360. The van der Waals surface area contributed by atoms with E-state index in [1.54, 1.807) is 0 Å². The molecule has 4 heterocycles. The van der Waals surface area contributed by atoms with Crippen LogP contribution in [0.3, 0.4) is 0 Å². The van der Waals surface area contributed by atoms with Crippen molar-refractivity contribution in [3.63, 3.8) is 0 Å². The average molecular weight is 447 g/mol. The Labute approximate surface area is 193 Å². The van der Waals surface area contributed by atoms with E-state index in [1.165, 1.54) is 37.7 Å². The van der Waals surface area contributed by atoms with E-state index in [9.17, 15) is 0 Å². The van der Waals surface area contributed by atoms with Crippen molar-refractivity contribution in [1.82, 2.24) is 14.9 Å². The predicted octanol–water partition coefficient (Wildman–Crippen LogP) is 5.29. The number of nitrogens with zero attached hydrogens (tertiary/aromatic N) is 3. The molecule has 2 aliphatic heterocycles. The van der Waals surface area contributed by atoms with Crippen LogP contribution < -0.4 is 19.7 Å². The zero-order valence-electron chi connectivity index (χ0n) is 17.8. The fourth-order valence-corrected chi connectivity index (χ4v) is 5.56. The van der Waals surface area contributed by atoms with Gasteiger partial charge in [-0.3, -0.25) is 4.98 Å². The first-order valence-corrected chi connectivity index (χ1v) is 11.8. The van der Waals surface area contributed by atoms with Gasteiger partial charge in [0.25, 0.3) is 0 Å². The molecule has 1 saturated heterocycles. The van der Waals surface area contributed by atoms with Gasteiger partial charge in [-0.15, -0.1) is 0 Å². The van der Waals surface area contributed by atoms with E-state index in [2.05, 4.69) is 44.3 Å². The van der Waals surface area contributed by atoms with E-state index in [0.717, 1.165) is 22.9 Å². The number of thiocarbonyl (C=S) groups is 1. The van der Waals surface area contributed by atoms with Gasteiger partial charge in [0.05, 0.1) is 17.8 Å². The van der Waals surface area contributed by atoms with Gasteiger partial charge in [-0.25, -0.2) is 0 Å². The smallest absolute Gasteiger partial charge is 0.231 e. The molecule has 6 nitrogen and oxygen atoms in total. The first-order chi connectivity index (χ1) is 15.8. The van der Waals surface area contributed by atoms with Gasteiger partial charge in [-0.1, -0.05) is 25.3 Å². The quantitative estimate of drug-likeness (QED) is 0.550. The second kappa shape index (κ2) is 8.13. The van der Waals surface area contributed by atoms with Crippen molar-refractivity contribution in [2.75, 3.05) is 11.7 Å². The van der Waals surface area contributed by atoms with Gasteiger partial charge in [0.2, 0.25) is 6.79 Å². The minimum atomic E-state index is -0.0451. The van der Waals surface area contributed by atoms with Crippen LogP contribution in [-0.4, -0.2) is 21.5 Å². The predicted molar refractivity (Wildman–Crippen MR) is 127 cm³/mol. The van der Waals surface area contributed by atoms with Crippen molar-refractivity contribution >= 4 is 23.0 Å². The van der Waals surface area contributed by atoms with Crippen LogP contribution in [0.4, 0.5) is 5.69 Å². The first kappa shape index (κ1) is 19.6. The lowest BCUT2D eigenvalue weighted by molar-refractivity contribution is 0.174. The third-order valence-electron chi connectivity index (χ3n) is 6.81. The third-order valence-corrected chi connectivity index (χ3v) is 7.12. The number of nitrogens with one attached hydrogen (secondary N) is 1. The lowest BCUT2D eigenvalue weighted by Gasteiger charge is -2.28. The molecule has 1 aliphatic carbocycles. The molecular weight excluding hydrogens is 420 g/mol. The maximum absolute atomic E-state index is 5.84. The van der Waals surface area contributed by atoms with Crippen LogP contribution in [0, 0.1) is 0 Å². The van der Waals surface area contributed by atoms with Crippen LogP contribution in [0.2, 0.25) is 0 Å². The molecule has 2 atom stereocenters. The number of ether oxygens (including phenoxy) is 2. The second-order valence-electron chi connectivity index (χ2n) is 8.72. The molecule has 0 unspecified atom stereocenters. The fourth-order valence-electron chi connectivity index (χ4n) is 5.22. The van der Waals surface area contributed by atoms with E-state index in [0.29, 0.717) is 11.2 Å². The van der Waals surface area contributed by atoms with Crippen LogP contribution >= 0.6 is 12.2 Å². The topological polar surface area (TPSA) is 51.6 Å². The number of benzene rings is 1. The van der Waals surface area contributed by atoms with Crippen molar-refractivity contribution in [3.8, 4) is 11.5 Å². The van der Waals surface area contributed by atoms with E-state index in [4.69, 9.17) is 21.7 Å². The Morgan fingerprint density at radius 2 is 1.88 bits per heavy atom. The molecule has 6 rings (SSSR count). The summed E-state index contributed by atoms with van der Waals surface area (Å²) in [7, 11) is 0. The summed E-state index contributed by atoms with van der Waals surface area (Å²) in [6.07, 6.45) is 12.9. The highest BCUT2D eigenvalue weighted by Crippen LogP contribution is 2.44. The maximum atomic E-state index is 5.84. The minimum Gasteiger partial charge on any atom is -0.454 e.